The van der Waals surface area contributed by atoms with Crippen molar-refractivity contribution in [2.45, 2.75) is 25.7 Å². The second-order valence-corrected chi connectivity index (χ2v) is 6.95. The average Bonchev–Trinajstić information content (AvgIpc) is 2.57. The van der Waals surface area contributed by atoms with E-state index in [2.05, 4.69) is 0 Å². The summed E-state index contributed by atoms with van der Waals surface area (Å²) < 4.78 is 23.0. The van der Waals surface area contributed by atoms with Crippen molar-refractivity contribution in [1.82, 2.24) is 0 Å². The minimum atomic E-state index is -3.16. The lowest BCUT2D eigenvalue weighted by molar-refractivity contribution is -0.150. The molecule has 2 unspecified atom stereocenters. The van der Waals surface area contributed by atoms with E-state index < -0.39 is 21.2 Å². The number of carboxylic acid groups (broad SMARTS) is 1. The summed E-state index contributed by atoms with van der Waals surface area (Å²) in [4.78, 5) is 11.4. The van der Waals surface area contributed by atoms with Crippen LogP contribution in [0.5, 0.6) is 0 Å². The van der Waals surface area contributed by atoms with E-state index in [0.29, 0.717) is 0 Å². The maximum atomic E-state index is 11.5. The van der Waals surface area contributed by atoms with Crippen LogP contribution < -0.4 is 0 Å². The molecular formula is C11H16O4S. The van der Waals surface area contributed by atoms with Crippen LogP contribution >= 0.6 is 0 Å². The molecule has 1 aliphatic heterocycles. The summed E-state index contributed by atoms with van der Waals surface area (Å²) in [7, 11) is -3.16. The molecule has 2 rings (SSSR count). The Morgan fingerprint density at radius 1 is 1.44 bits per heavy atom. The molecule has 0 saturated carbocycles. The van der Waals surface area contributed by atoms with E-state index in [4.69, 9.17) is 0 Å². The summed E-state index contributed by atoms with van der Waals surface area (Å²) in [5.74, 6) is -1.24. The van der Waals surface area contributed by atoms with Gasteiger partial charge in [0.1, 0.15) is 0 Å². The van der Waals surface area contributed by atoms with Crippen LogP contribution in [-0.2, 0) is 14.6 Å². The lowest BCUT2D eigenvalue weighted by Crippen LogP contribution is -2.39. The van der Waals surface area contributed by atoms with Gasteiger partial charge in [-0.25, -0.2) is 8.42 Å². The topological polar surface area (TPSA) is 71.4 Å². The third-order valence-electron chi connectivity index (χ3n) is 3.73. The Bertz CT molecular complexity index is 423. The van der Waals surface area contributed by atoms with E-state index >= 15 is 0 Å². The van der Waals surface area contributed by atoms with Gasteiger partial charge < -0.3 is 5.11 Å². The predicted octanol–water partition coefficient (Wildman–Crippen LogP) is 1.23. The van der Waals surface area contributed by atoms with Crippen LogP contribution in [0.4, 0.5) is 0 Å². The van der Waals surface area contributed by atoms with Crippen LogP contribution in [-0.4, -0.2) is 31.0 Å². The lowest BCUT2D eigenvalue weighted by Gasteiger charge is -2.32. The molecule has 1 N–H and O–H groups in total. The van der Waals surface area contributed by atoms with Gasteiger partial charge in [0, 0.05) is 0 Å². The zero-order valence-corrected chi connectivity index (χ0v) is 9.87. The molecule has 0 aromatic carbocycles. The van der Waals surface area contributed by atoms with E-state index in [1.54, 1.807) is 0 Å². The first kappa shape index (κ1) is 11.6. The van der Waals surface area contributed by atoms with Gasteiger partial charge in [0.25, 0.3) is 0 Å². The number of carbonyl (C=O) groups is 1. The van der Waals surface area contributed by atoms with E-state index in [-0.39, 0.29) is 23.8 Å². The minimum absolute atomic E-state index is 0.0175. The van der Waals surface area contributed by atoms with Crippen molar-refractivity contribution in [3.05, 3.63) is 12.2 Å². The molecule has 0 spiro atoms. The molecule has 1 heterocycles. The molecule has 1 saturated heterocycles. The second kappa shape index (κ2) is 3.87. The lowest BCUT2D eigenvalue weighted by atomic mass is 9.71. The zero-order valence-electron chi connectivity index (χ0n) is 9.05. The van der Waals surface area contributed by atoms with Crippen molar-refractivity contribution in [3.63, 3.8) is 0 Å². The molecule has 2 aliphatic rings. The number of aliphatic carboxylic acids is 1. The average molecular weight is 244 g/mol. The quantitative estimate of drug-likeness (QED) is 0.742. The highest BCUT2D eigenvalue weighted by Gasteiger charge is 2.52. The van der Waals surface area contributed by atoms with Crippen molar-refractivity contribution in [2.24, 2.45) is 11.3 Å². The van der Waals surface area contributed by atoms with Gasteiger partial charge in [-0.3, -0.25) is 4.79 Å². The largest absolute Gasteiger partial charge is 0.481 e. The molecule has 0 amide bonds. The SMILES string of the molecule is O=C(O)C1(C2C=CCCC2)CCS(=O)(=O)C1. The number of sulfone groups is 1. The molecule has 0 aromatic heterocycles. The van der Waals surface area contributed by atoms with Crippen LogP contribution in [0, 0.1) is 11.3 Å². The number of rotatable bonds is 2. The summed E-state index contributed by atoms with van der Waals surface area (Å²) in [5, 5.41) is 9.35. The van der Waals surface area contributed by atoms with Crippen LogP contribution in [0.3, 0.4) is 0 Å². The van der Waals surface area contributed by atoms with Gasteiger partial charge in [-0.05, 0) is 31.6 Å². The highest BCUT2D eigenvalue weighted by atomic mass is 32.2. The summed E-state index contributed by atoms with van der Waals surface area (Å²) in [6.07, 6.45) is 6.86. The number of hydrogen-bond donors (Lipinski definition) is 1. The van der Waals surface area contributed by atoms with Gasteiger partial charge >= 0.3 is 5.97 Å². The van der Waals surface area contributed by atoms with Crippen molar-refractivity contribution in [3.8, 4) is 0 Å². The van der Waals surface area contributed by atoms with Crippen molar-refractivity contribution in [1.29, 1.82) is 0 Å². The van der Waals surface area contributed by atoms with Gasteiger partial charge in [-0.15, -0.1) is 0 Å². The normalized spacial score (nSPS) is 37.4. The highest BCUT2D eigenvalue weighted by molar-refractivity contribution is 7.91. The van der Waals surface area contributed by atoms with E-state index in [1.807, 2.05) is 12.2 Å². The van der Waals surface area contributed by atoms with Crippen molar-refractivity contribution < 1.29 is 18.3 Å². The first-order chi connectivity index (χ1) is 7.46. The molecule has 0 radical (unpaired) electrons. The van der Waals surface area contributed by atoms with Crippen LogP contribution in [0.2, 0.25) is 0 Å². The molecule has 4 nitrogen and oxygen atoms in total. The Labute approximate surface area is 95.3 Å². The third kappa shape index (κ3) is 1.88. The molecule has 1 aliphatic carbocycles. The summed E-state index contributed by atoms with van der Waals surface area (Å²) in [6.45, 7) is 0. The molecule has 5 heteroatoms. The van der Waals surface area contributed by atoms with Crippen LogP contribution in [0.1, 0.15) is 25.7 Å². The van der Waals surface area contributed by atoms with Gasteiger partial charge in [0.15, 0.2) is 9.84 Å². The summed E-state index contributed by atoms with van der Waals surface area (Å²) in [6, 6.07) is 0. The first-order valence-corrected chi connectivity index (χ1v) is 7.39. The maximum absolute atomic E-state index is 11.5. The third-order valence-corrected chi connectivity index (χ3v) is 5.51. The van der Waals surface area contributed by atoms with E-state index in [0.717, 1.165) is 19.3 Å². The first-order valence-electron chi connectivity index (χ1n) is 5.57. The van der Waals surface area contributed by atoms with Crippen LogP contribution in [0.25, 0.3) is 0 Å². The summed E-state index contributed by atoms with van der Waals surface area (Å²) in [5.41, 5.74) is -1.06. The van der Waals surface area contributed by atoms with Gasteiger partial charge in [0.2, 0.25) is 0 Å². The molecule has 0 bridgehead atoms. The van der Waals surface area contributed by atoms with Gasteiger partial charge in [-0.1, -0.05) is 12.2 Å². The summed E-state index contributed by atoms with van der Waals surface area (Å²) >= 11 is 0. The molecule has 90 valence electrons. The molecule has 2 atom stereocenters. The maximum Gasteiger partial charge on any atom is 0.311 e. The Kier molecular flexibility index (Phi) is 2.82. The van der Waals surface area contributed by atoms with E-state index in [1.165, 1.54) is 0 Å². The monoisotopic (exact) mass is 244 g/mol. The van der Waals surface area contributed by atoms with Gasteiger partial charge in [0.05, 0.1) is 16.9 Å². The minimum Gasteiger partial charge on any atom is -0.481 e. The van der Waals surface area contributed by atoms with E-state index in [9.17, 15) is 18.3 Å². The second-order valence-electron chi connectivity index (χ2n) is 4.77. The Morgan fingerprint density at radius 2 is 2.19 bits per heavy atom. The number of carboxylic acids is 1. The Morgan fingerprint density at radius 3 is 2.62 bits per heavy atom. The molecular weight excluding hydrogens is 228 g/mol. The van der Waals surface area contributed by atoms with Crippen molar-refractivity contribution in [2.75, 3.05) is 11.5 Å². The molecule has 16 heavy (non-hydrogen) atoms. The fourth-order valence-electron chi connectivity index (χ4n) is 2.77. The van der Waals surface area contributed by atoms with Crippen LogP contribution in [0.15, 0.2) is 12.2 Å². The fourth-order valence-corrected chi connectivity index (χ4v) is 4.85. The molecule has 1 fully saturated rings. The fraction of sp³-hybridized carbons (Fsp3) is 0.727. The highest BCUT2D eigenvalue weighted by Crippen LogP contribution is 2.44. The molecule has 0 aromatic rings. The van der Waals surface area contributed by atoms with Crippen molar-refractivity contribution >= 4 is 15.8 Å². The Hall–Kier alpha value is -0.840. The zero-order chi connectivity index (χ0) is 11.8. The smallest absolute Gasteiger partial charge is 0.311 e. The standard InChI is InChI=1S/C11H16O4S/c12-10(13)11(6-7-16(14,15)8-11)9-4-2-1-3-5-9/h2,4,9H,1,3,5-8H2,(H,12,13). The predicted molar refractivity (Wildman–Crippen MR) is 59.8 cm³/mol. The Balaban J connectivity index is 2.34. The number of hydrogen-bond acceptors (Lipinski definition) is 3. The van der Waals surface area contributed by atoms with Gasteiger partial charge in [-0.2, -0.15) is 0 Å². The number of allylic oxidation sites excluding steroid dienone is 2.